The molecule has 1 atom stereocenters. The maximum absolute atomic E-state index is 11.7. The number of rotatable bonds is 7. The minimum atomic E-state index is -0.889. The second-order valence-electron chi connectivity index (χ2n) is 4.88. The van der Waals surface area contributed by atoms with E-state index in [0.29, 0.717) is 6.61 Å². The lowest BCUT2D eigenvalue weighted by molar-refractivity contribution is -0.133. The van der Waals surface area contributed by atoms with E-state index in [0.717, 1.165) is 37.4 Å². The predicted octanol–water partition coefficient (Wildman–Crippen LogP) is 1.66. The highest BCUT2D eigenvalue weighted by Gasteiger charge is 2.34. The summed E-state index contributed by atoms with van der Waals surface area (Å²) in [6.45, 7) is 4.89. The Kier molecular flexibility index (Phi) is 6.65. The van der Waals surface area contributed by atoms with Gasteiger partial charge in [0.05, 0.1) is 17.1 Å². The molecule has 1 saturated heterocycles. The van der Waals surface area contributed by atoms with E-state index in [1.54, 1.807) is 0 Å². The van der Waals surface area contributed by atoms with Crippen molar-refractivity contribution in [2.24, 2.45) is 0 Å². The Morgan fingerprint density at radius 2 is 2.05 bits per heavy atom. The second-order valence-corrected chi connectivity index (χ2v) is 5.87. The standard InChI is InChI=1S/C13H23NO4S/c1-3-13(4-2)7-10(5-6-18-13)14-11(15)8-19-9-12(16)17/h10H,3-9H2,1-2H3,(H,14,15)(H,16,17). The van der Waals surface area contributed by atoms with Crippen LogP contribution in [-0.2, 0) is 14.3 Å². The molecule has 5 nitrogen and oxygen atoms in total. The Labute approximate surface area is 118 Å². The molecule has 0 radical (unpaired) electrons. The summed E-state index contributed by atoms with van der Waals surface area (Å²) in [5, 5.41) is 11.5. The molecular weight excluding hydrogens is 266 g/mol. The summed E-state index contributed by atoms with van der Waals surface area (Å²) < 4.78 is 5.85. The maximum Gasteiger partial charge on any atom is 0.313 e. The summed E-state index contributed by atoms with van der Waals surface area (Å²) in [5.41, 5.74) is -0.107. The molecule has 0 saturated carbocycles. The van der Waals surface area contributed by atoms with Gasteiger partial charge in [-0.25, -0.2) is 0 Å². The van der Waals surface area contributed by atoms with Crippen molar-refractivity contribution in [1.82, 2.24) is 5.32 Å². The number of carbonyl (C=O) groups is 2. The van der Waals surface area contributed by atoms with Crippen LogP contribution in [0.2, 0.25) is 0 Å². The fourth-order valence-electron chi connectivity index (χ4n) is 2.39. The van der Waals surface area contributed by atoms with Crippen LogP contribution in [0.4, 0.5) is 0 Å². The fraction of sp³-hybridized carbons (Fsp3) is 0.846. The van der Waals surface area contributed by atoms with Gasteiger partial charge in [-0.2, -0.15) is 0 Å². The Morgan fingerprint density at radius 3 is 2.63 bits per heavy atom. The second kappa shape index (κ2) is 7.75. The molecule has 1 aliphatic rings. The lowest BCUT2D eigenvalue weighted by atomic mass is 9.86. The van der Waals surface area contributed by atoms with E-state index in [-0.39, 0.29) is 29.1 Å². The highest BCUT2D eigenvalue weighted by molar-refractivity contribution is 8.00. The van der Waals surface area contributed by atoms with Gasteiger partial charge in [-0.05, 0) is 25.7 Å². The molecule has 2 N–H and O–H groups in total. The van der Waals surface area contributed by atoms with Crippen molar-refractivity contribution in [1.29, 1.82) is 0 Å². The monoisotopic (exact) mass is 289 g/mol. The number of ether oxygens (including phenoxy) is 1. The lowest BCUT2D eigenvalue weighted by Crippen LogP contribution is -2.48. The zero-order chi connectivity index (χ0) is 14.3. The fourth-order valence-corrected chi connectivity index (χ4v) is 2.94. The van der Waals surface area contributed by atoms with Crippen molar-refractivity contribution in [2.45, 2.75) is 51.2 Å². The van der Waals surface area contributed by atoms with Gasteiger partial charge < -0.3 is 15.2 Å². The van der Waals surface area contributed by atoms with Crippen LogP contribution in [0, 0.1) is 0 Å². The quantitative estimate of drug-likeness (QED) is 0.745. The third-order valence-corrected chi connectivity index (χ3v) is 4.52. The van der Waals surface area contributed by atoms with Crippen LogP contribution in [-0.4, -0.2) is 46.7 Å². The van der Waals surface area contributed by atoms with Gasteiger partial charge in [-0.15, -0.1) is 11.8 Å². The molecule has 1 fully saturated rings. The van der Waals surface area contributed by atoms with Crippen LogP contribution >= 0.6 is 11.8 Å². The molecule has 1 unspecified atom stereocenters. The summed E-state index contributed by atoms with van der Waals surface area (Å²) >= 11 is 1.13. The lowest BCUT2D eigenvalue weighted by Gasteiger charge is -2.40. The minimum Gasteiger partial charge on any atom is -0.481 e. The van der Waals surface area contributed by atoms with Gasteiger partial charge in [0.15, 0.2) is 0 Å². The van der Waals surface area contributed by atoms with Crippen molar-refractivity contribution in [2.75, 3.05) is 18.1 Å². The van der Waals surface area contributed by atoms with Crippen molar-refractivity contribution >= 4 is 23.6 Å². The van der Waals surface area contributed by atoms with Crippen LogP contribution < -0.4 is 5.32 Å². The Hall–Kier alpha value is -0.750. The normalized spacial score (nSPS) is 21.9. The molecular formula is C13H23NO4S. The van der Waals surface area contributed by atoms with Gasteiger partial charge in [0.2, 0.25) is 5.91 Å². The summed E-state index contributed by atoms with van der Waals surface area (Å²) in [4.78, 5) is 22.1. The van der Waals surface area contributed by atoms with E-state index >= 15 is 0 Å². The molecule has 1 aliphatic heterocycles. The Morgan fingerprint density at radius 1 is 1.37 bits per heavy atom. The zero-order valence-electron chi connectivity index (χ0n) is 11.6. The summed E-state index contributed by atoms with van der Waals surface area (Å²) in [7, 11) is 0. The number of carbonyl (C=O) groups excluding carboxylic acids is 1. The number of nitrogens with one attached hydrogen (secondary N) is 1. The first-order valence-corrected chi connectivity index (χ1v) is 7.89. The van der Waals surface area contributed by atoms with Crippen molar-refractivity contribution < 1.29 is 19.4 Å². The van der Waals surface area contributed by atoms with Crippen molar-refractivity contribution in [3.8, 4) is 0 Å². The summed E-state index contributed by atoms with van der Waals surface area (Å²) in [6.07, 6.45) is 3.57. The molecule has 0 aromatic carbocycles. The first kappa shape index (κ1) is 16.3. The smallest absolute Gasteiger partial charge is 0.313 e. The van der Waals surface area contributed by atoms with E-state index < -0.39 is 5.97 Å². The van der Waals surface area contributed by atoms with E-state index in [1.807, 2.05) is 0 Å². The highest BCUT2D eigenvalue weighted by atomic mass is 32.2. The topological polar surface area (TPSA) is 75.6 Å². The number of carboxylic acid groups (broad SMARTS) is 1. The van der Waals surface area contributed by atoms with Crippen LogP contribution in [0.15, 0.2) is 0 Å². The third-order valence-electron chi connectivity index (χ3n) is 3.61. The van der Waals surface area contributed by atoms with Crippen LogP contribution in [0.25, 0.3) is 0 Å². The third kappa shape index (κ3) is 5.40. The van der Waals surface area contributed by atoms with Crippen molar-refractivity contribution in [3.63, 3.8) is 0 Å². The predicted molar refractivity (Wildman–Crippen MR) is 75.4 cm³/mol. The molecule has 19 heavy (non-hydrogen) atoms. The molecule has 0 bridgehead atoms. The number of thioether (sulfide) groups is 1. The van der Waals surface area contributed by atoms with E-state index in [2.05, 4.69) is 19.2 Å². The first-order chi connectivity index (χ1) is 9.01. The number of aliphatic carboxylic acids is 1. The molecule has 6 heteroatoms. The maximum atomic E-state index is 11.7. The van der Waals surface area contributed by atoms with Gasteiger partial charge >= 0.3 is 5.97 Å². The average Bonchev–Trinajstić information content (AvgIpc) is 2.38. The van der Waals surface area contributed by atoms with E-state index in [1.165, 1.54) is 0 Å². The molecule has 0 aromatic rings. The number of hydrogen-bond acceptors (Lipinski definition) is 4. The number of carboxylic acids is 1. The van der Waals surface area contributed by atoms with Crippen LogP contribution in [0.5, 0.6) is 0 Å². The first-order valence-electron chi connectivity index (χ1n) is 6.74. The van der Waals surface area contributed by atoms with E-state index in [9.17, 15) is 9.59 Å². The minimum absolute atomic E-state index is 0.0327. The number of hydrogen-bond donors (Lipinski definition) is 2. The molecule has 110 valence electrons. The van der Waals surface area contributed by atoms with Crippen LogP contribution in [0.1, 0.15) is 39.5 Å². The van der Waals surface area contributed by atoms with Crippen molar-refractivity contribution in [3.05, 3.63) is 0 Å². The molecule has 0 spiro atoms. The SMILES string of the molecule is CCC1(CC)CC(NC(=O)CSCC(=O)O)CCO1. The molecule has 1 heterocycles. The molecule has 0 aliphatic carbocycles. The summed E-state index contributed by atoms with van der Waals surface area (Å²) in [5.74, 6) is -0.802. The average molecular weight is 289 g/mol. The van der Waals surface area contributed by atoms with E-state index in [4.69, 9.17) is 9.84 Å². The largest absolute Gasteiger partial charge is 0.481 e. The Bertz CT molecular complexity index is 318. The summed E-state index contributed by atoms with van der Waals surface area (Å²) in [6, 6.07) is 0.145. The Balaban J connectivity index is 2.35. The van der Waals surface area contributed by atoms with Gasteiger partial charge in [0, 0.05) is 12.6 Å². The molecule has 1 amide bonds. The van der Waals surface area contributed by atoms with Gasteiger partial charge in [0.1, 0.15) is 0 Å². The van der Waals surface area contributed by atoms with Gasteiger partial charge in [0.25, 0.3) is 0 Å². The molecule has 0 aromatic heterocycles. The van der Waals surface area contributed by atoms with Gasteiger partial charge in [-0.3, -0.25) is 9.59 Å². The number of amides is 1. The van der Waals surface area contributed by atoms with Crippen LogP contribution in [0.3, 0.4) is 0 Å². The van der Waals surface area contributed by atoms with Gasteiger partial charge in [-0.1, -0.05) is 13.8 Å². The molecule has 1 rings (SSSR count). The zero-order valence-corrected chi connectivity index (χ0v) is 12.4. The highest BCUT2D eigenvalue weighted by Crippen LogP contribution is 2.31.